The van der Waals surface area contributed by atoms with Gasteiger partial charge in [-0.15, -0.1) is 0 Å². The van der Waals surface area contributed by atoms with Crippen LogP contribution in [0.5, 0.6) is 0 Å². The van der Waals surface area contributed by atoms with Crippen LogP contribution in [0.4, 0.5) is 5.69 Å². The van der Waals surface area contributed by atoms with E-state index < -0.39 is 11.2 Å². The first-order chi connectivity index (χ1) is 11.2. The van der Waals surface area contributed by atoms with Gasteiger partial charge in [-0.3, -0.25) is 14.2 Å². The average molecular weight is 329 g/mol. The number of carbonyl (C=O) groups is 1. The highest BCUT2D eigenvalue weighted by Crippen LogP contribution is 2.26. The first kappa shape index (κ1) is 17.7. The summed E-state index contributed by atoms with van der Waals surface area (Å²) in [6, 6.07) is 7.34. The molecular formula is C18H23N3O3. The summed E-state index contributed by atoms with van der Waals surface area (Å²) in [4.78, 5) is 36.1. The summed E-state index contributed by atoms with van der Waals surface area (Å²) in [6.07, 6.45) is 2.32. The van der Waals surface area contributed by atoms with Crippen LogP contribution in [0, 0.1) is 0 Å². The van der Waals surface area contributed by atoms with Crippen molar-refractivity contribution < 1.29 is 4.79 Å². The van der Waals surface area contributed by atoms with Gasteiger partial charge in [0.1, 0.15) is 5.69 Å². The maximum absolute atomic E-state index is 12.4. The molecule has 0 radical (unpaired) electrons. The number of anilines is 1. The summed E-state index contributed by atoms with van der Waals surface area (Å²) in [5, 5.41) is 2.58. The van der Waals surface area contributed by atoms with Crippen LogP contribution in [-0.2, 0) is 19.5 Å². The van der Waals surface area contributed by atoms with Gasteiger partial charge >= 0.3 is 5.69 Å². The van der Waals surface area contributed by atoms with E-state index in [4.69, 9.17) is 0 Å². The topological polar surface area (TPSA) is 73.1 Å². The summed E-state index contributed by atoms with van der Waals surface area (Å²) < 4.78 is 2.21. The molecule has 0 unspecified atom stereocenters. The summed E-state index contributed by atoms with van der Waals surface area (Å²) in [6.45, 7) is 6.42. The summed E-state index contributed by atoms with van der Waals surface area (Å²) in [7, 11) is 2.90. The fraction of sp³-hybridized carbons (Fsp3) is 0.389. The molecule has 0 atom stereocenters. The first-order valence-electron chi connectivity index (χ1n) is 7.86. The molecule has 0 fully saturated rings. The number of carbonyl (C=O) groups excluding carboxylic acids is 1. The van der Waals surface area contributed by atoms with Crippen LogP contribution in [-0.4, -0.2) is 15.0 Å². The molecule has 0 aliphatic rings. The first-order valence-corrected chi connectivity index (χ1v) is 7.86. The molecule has 0 saturated carbocycles. The quantitative estimate of drug-likeness (QED) is 0.933. The molecule has 2 rings (SSSR count). The molecule has 24 heavy (non-hydrogen) atoms. The molecule has 6 heteroatoms. The second kappa shape index (κ2) is 6.47. The smallest absolute Gasteiger partial charge is 0.316 e. The Bertz CT molecular complexity index is 874. The third-order valence-corrected chi connectivity index (χ3v) is 4.51. The van der Waals surface area contributed by atoms with Crippen LogP contribution < -0.4 is 16.6 Å². The fourth-order valence-corrected chi connectivity index (χ4v) is 2.37. The van der Waals surface area contributed by atoms with Crippen LogP contribution in [0.2, 0.25) is 0 Å². The Kier molecular flexibility index (Phi) is 4.78. The van der Waals surface area contributed by atoms with E-state index in [1.165, 1.54) is 24.9 Å². The molecule has 0 saturated heterocycles. The van der Waals surface area contributed by atoms with Crippen molar-refractivity contribution in [1.82, 2.24) is 9.13 Å². The van der Waals surface area contributed by atoms with Gasteiger partial charge in [-0.2, -0.15) is 0 Å². The number of aromatic nitrogens is 2. The Morgan fingerprint density at radius 2 is 1.71 bits per heavy atom. The number of hydrogen-bond acceptors (Lipinski definition) is 3. The van der Waals surface area contributed by atoms with Crippen LogP contribution in [0.1, 0.15) is 43.1 Å². The molecule has 0 aliphatic carbocycles. The zero-order chi connectivity index (χ0) is 18.1. The lowest BCUT2D eigenvalue weighted by atomic mass is 9.82. The summed E-state index contributed by atoms with van der Waals surface area (Å²) >= 11 is 0. The highest BCUT2D eigenvalue weighted by atomic mass is 16.2. The van der Waals surface area contributed by atoms with Crippen LogP contribution >= 0.6 is 0 Å². The van der Waals surface area contributed by atoms with Crippen LogP contribution in [0.3, 0.4) is 0 Å². The maximum Gasteiger partial charge on any atom is 0.330 e. The Hall–Kier alpha value is -2.63. The van der Waals surface area contributed by atoms with E-state index in [0.717, 1.165) is 16.6 Å². The molecule has 1 aromatic carbocycles. The number of benzene rings is 1. The Morgan fingerprint density at radius 3 is 2.25 bits per heavy atom. The zero-order valence-electron chi connectivity index (χ0n) is 14.7. The molecule has 128 valence electrons. The van der Waals surface area contributed by atoms with E-state index in [-0.39, 0.29) is 17.0 Å². The minimum Gasteiger partial charge on any atom is -0.316 e. The van der Waals surface area contributed by atoms with Crippen molar-refractivity contribution in [2.75, 3.05) is 5.32 Å². The second-order valence-electron chi connectivity index (χ2n) is 6.57. The van der Waals surface area contributed by atoms with Gasteiger partial charge in [0.2, 0.25) is 0 Å². The van der Waals surface area contributed by atoms with E-state index in [2.05, 4.69) is 26.1 Å². The fourth-order valence-electron chi connectivity index (χ4n) is 2.37. The van der Waals surface area contributed by atoms with E-state index in [0.29, 0.717) is 5.56 Å². The molecule has 1 N–H and O–H groups in total. The number of aryl methyl sites for hydroxylation is 1. The highest BCUT2D eigenvalue weighted by Gasteiger charge is 2.18. The Morgan fingerprint density at radius 1 is 1.12 bits per heavy atom. The molecule has 1 aromatic heterocycles. The van der Waals surface area contributed by atoms with Crippen molar-refractivity contribution in [2.45, 2.75) is 32.6 Å². The normalized spacial score (nSPS) is 11.4. The minimum absolute atomic E-state index is 0.0443. The lowest BCUT2D eigenvalue weighted by Crippen LogP contribution is -2.38. The van der Waals surface area contributed by atoms with Gasteiger partial charge in [0.25, 0.3) is 11.5 Å². The van der Waals surface area contributed by atoms with Gasteiger partial charge in [-0.05, 0) is 29.5 Å². The van der Waals surface area contributed by atoms with Crippen LogP contribution in [0.25, 0.3) is 0 Å². The molecule has 0 bridgehead atoms. The highest BCUT2D eigenvalue weighted by molar-refractivity contribution is 6.04. The number of amides is 1. The molecule has 1 heterocycles. The third kappa shape index (κ3) is 3.32. The lowest BCUT2D eigenvalue weighted by Gasteiger charge is -2.23. The number of nitrogens with one attached hydrogen (secondary N) is 1. The van der Waals surface area contributed by atoms with Crippen molar-refractivity contribution in [3.05, 3.63) is 62.4 Å². The number of rotatable bonds is 4. The Labute approximate surface area is 140 Å². The monoisotopic (exact) mass is 329 g/mol. The van der Waals surface area contributed by atoms with E-state index in [1.807, 2.05) is 12.1 Å². The van der Waals surface area contributed by atoms with Crippen molar-refractivity contribution >= 4 is 11.6 Å². The largest absolute Gasteiger partial charge is 0.330 e. The van der Waals surface area contributed by atoms with Crippen molar-refractivity contribution in [2.24, 2.45) is 14.1 Å². The minimum atomic E-state index is -0.532. The lowest BCUT2D eigenvalue weighted by molar-refractivity contribution is 0.102. The number of nitrogens with zero attached hydrogens (tertiary/aromatic N) is 2. The van der Waals surface area contributed by atoms with E-state index in [1.54, 1.807) is 12.1 Å². The standard InChI is InChI=1S/C18H23N3O3/c1-6-18(2,3)13-9-7-12(8-10-13)15(22)19-14-11-20(4)17(24)21(5)16(14)23/h7-11H,6H2,1-5H3,(H,19,22). The van der Waals surface area contributed by atoms with Gasteiger partial charge in [0.05, 0.1) is 0 Å². The predicted molar refractivity (Wildman–Crippen MR) is 94.6 cm³/mol. The molecule has 0 aliphatic heterocycles. The van der Waals surface area contributed by atoms with Gasteiger partial charge in [0, 0.05) is 25.9 Å². The molecular weight excluding hydrogens is 306 g/mol. The molecule has 2 aromatic rings. The van der Waals surface area contributed by atoms with Gasteiger partial charge < -0.3 is 9.88 Å². The van der Waals surface area contributed by atoms with Crippen LogP contribution in [0.15, 0.2) is 40.1 Å². The Balaban J connectivity index is 2.28. The molecule has 0 spiro atoms. The van der Waals surface area contributed by atoms with Gasteiger partial charge in [-0.1, -0.05) is 32.9 Å². The average Bonchev–Trinajstić information content (AvgIpc) is 2.57. The third-order valence-electron chi connectivity index (χ3n) is 4.51. The van der Waals surface area contributed by atoms with Crippen molar-refractivity contribution in [1.29, 1.82) is 0 Å². The van der Waals surface area contributed by atoms with Crippen molar-refractivity contribution in [3.8, 4) is 0 Å². The molecule has 1 amide bonds. The van der Waals surface area contributed by atoms with E-state index in [9.17, 15) is 14.4 Å². The summed E-state index contributed by atoms with van der Waals surface area (Å²) in [5.41, 5.74) is 0.755. The van der Waals surface area contributed by atoms with Crippen molar-refractivity contribution in [3.63, 3.8) is 0 Å². The second-order valence-corrected chi connectivity index (χ2v) is 6.57. The SMILES string of the molecule is CCC(C)(C)c1ccc(C(=O)Nc2cn(C)c(=O)n(C)c2=O)cc1. The zero-order valence-corrected chi connectivity index (χ0v) is 14.7. The van der Waals surface area contributed by atoms with Gasteiger partial charge in [-0.25, -0.2) is 4.79 Å². The van der Waals surface area contributed by atoms with E-state index >= 15 is 0 Å². The predicted octanol–water partition coefficient (Wildman–Crippen LogP) is 2.02. The summed E-state index contributed by atoms with van der Waals surface area (Å²) in [5.74, 6) is -0.383. The molecule has 6 nitrogen and oxygen atoms in total. The number of hydrogen-bond donors (Lipinski definition) is 1. The van der Waals surface area contributed by atoms with Gasteiger partial charge in [0.15, 0.2) is 0 Å². The maximum atomic E-state index is 12.4.